The summed E-state index contributed by atoms with van der Waals surface area (Å²) in [5.41, 5.74) is -0.0539. The Morgan fingerprint density at radius 2 is 1.96 bits per heavy atom. The van der Waals surface area contributed by atoms with E-state index in [1.54, 1.807) is 6.20 Å². The first-order valence-corrected chi connectivity index (χ1v) is 9.65. The Labute approximate surface area is 179 Å². The maximum absolute atomic E-state index is 11.8. The minimum atomic E-state index is -0.0539. The molecule has 154 valence electrons. The van der Waals surface area contributed by atoms with E-state index in [0.29, 0.717) is 19.0 Å². The van der Waals surface area contributed by atoms with Crippen LogP contribution in [0.4, 0.5) is 0 Å². The number of aliphatic imine (C=N–C) groups is 1. The lowest BCUT2D eigenvalue weighted by molar-refractivity contribution is -0.127. The van der Waals surface area contributed by atoms with Gasteiger partial charge in [0, 0.05) is 31.0 Å². The second-order valence-corrected chi connectivity index (χ2v) is 7.76. The molecule has 0 atom stereocenters. The van der Waals surface area contributed by atoms with Gasteiger partial charge in [-0.1, -0.05) is 27.2 Å². The Kier molecular flexibility index (Phi) is 10.1. The molecule has 7 nitrogen and oxygen atoms in total. The summed E-state index contributed by atoms with van der Waals surface area (Å²) in [6, 6.07) is 0. The van der Waals surface area contributed by atoms with Crippen LogP contribution < -0.4 is 16.0 Å². The van der Waals surface area contributed by atoms with Crippen molar-refractivity contribution in [3.05, 3.63) is 17.8 Å². The zero-order valence-corrected chi connectivity index (χ0v) is 19.3. The SMILES string of the molecule is CCNC(=NCc1ncc(C(C)(C)C)o1)NCCCNC(=O)C1CCC1.I. The first-order chi connectivity index (χ1) is 12.4. The van der Waals surface area contributed by atoms with Crippen molar-refractivity contribution >= 4 is 35.8 Å². The third-order valence-corrected chi connectivity index (χ3v) is 4.43. The van der Waals surface area contributed by atoms with Gasteiger partial charge in [-0.25, -0.2) is 9.98 Å². The summed E-state index contributed by atoms with van der Waals surface area (Å²) in [5.74, 6) is 2.66. The van der Waals surface area contributed by atoms with Crippen LogP contribution in [0, 0.1) is 5.92 Å². The molecule has 1 aliphatic carbocycles. The molecular weight excluding hydrogens is 457 g/mol. The Morgan fingerprint density at radius 3 is 2.52 bits per heavy atom. The van der Waals surface area contributed by atoms with Gasteiger partial charge >= 0.3 is 0 Å². The Bertz CT molecular complexity index is 605. The number of carbonyl (C=O) groups excluding carboxylic acids is 1. The maximum atomic E-state index is 11.8. The molecule has 0 spiro atoms. The first kappa shape index (κ1) is 23.7. The zero-order chi connectivity index (χ0) is 19.0. The van der Waals surface area contributed by atoms with E-state index in [1.807, 2.05) is 6.92 Å². The van der Waals surface area contributed by atoms with Crippen LogP contribution in [0.2, 0.25) is 0 Å². The molecule has 27 heavy (non-hydrogen) atoms. The third-order valence-electron chi connectivity index (χ3n) is 4.43. The number of rotatable bonds is 8. The average molecular weight is 491 g/mol. The van der Waals surface area contributed by atoms with E-state index in [4.69, 9.17) is 4.42 Å². The molecule has 1 saturated carbocycles. The largest absolute Gasteiger partial charge is 0.443 e. The molecule has 0 aromatic carbocycles. The number of hydrogen-bond donors (Lipinski definition) is 3. The van der Waals surface area contributed by atoms with Crippen molar-refractivity contribution in [2.75, 3.05) is 19.6 Å². The summed E-state index contributed by atoms with van der Waals surface area (Å²) in [6.45, 7) is 10.9. The number of guanidine groups is 1. The van der Waals surface area contributed by atoms with Gasteiger partial charge < -0.3 is 20.4 Å². The fraction of sp³-hybridized carbons (Fsp3) is 0.737. The molecule has 0 unspecified atom stereocenters. The Balaban J connectivity index is 0.00000364. The maximum Gasteiger partial charge on any atom is 0.223 e. The lowest BCUT2D eigenvalue weighted by Crippen LogP contribution is -2.39. The van der Waals surface area contributed by atoms with Crippen LogP contribution in [-0.2, 0) is 16.8 Å². The fourth-order valence-corrected chi connectivity index (χ4v) is 2.54. The van der Waals surface area contributed by atoms with Gasteiger partial charge in [-0.15, -0.1) is 24.0 Å². The normalized spacial score (nSPS) is 14.9. The summed E-state index contributed by atoms with van der Waals surface area (Å²) in [4.78, 5) is 20.6. The average Bonchev–Trinajstić information content (AvgIpc) is 2.99. The minimum absolute atomic E-state index is 0. The van der Waals surface area contributed by atoms with Crippen LogP contribution in [0.3, 0.4) is 0 Å². The van der Waals surface area contributed by atoms with Gasteiger partial charge in [-0.2, -0.15) is 0 Å². The summed E-state index contributed by atoms with van der Waals surface area (Å²) in [7, 11) is 0. The lowest BCUT2D eigenvalue weighted by Gasteiger charge is -2.24. The van der Waals surface area contributed by atoms with Gasteiger partial charge in [0.25, 0.3) is 0 Å². The fourth-order valence-electron chi connectivity index (χ4n) is 2.54. The van der Waals surface area contributed by atoms with E-state index >= 15 is 0 Å². The molecule has 1 aromatic rings. The van der Waals surface area contributed by atoms with E-state index in [0.717, 1.165) is 44.1 Å². The predicted molar refractivity (Wildman–Crippen MR) is 118 cm³/mol. The monoisotopic (exact) mass is 491 g/mol. The first-order valence-electron chi connectivity index (χ1n) is 9.65. The summed E-state index contributed by atoms with van der Waals surface area (Å²) < 4.78 is 5.76. The van der Waals surface area contributed by atoms with Crippen molar-refractivity contribution in [3.63, 3.8) is 0 Å². The van der Waals surface area contributed by atoms with Gasteiger partial charge in [0.2, 0.25) is 11.8 Å². The van der Waals surface area contributed by atoms with E-state index in [2.05, 4.69) is 46.7 Å². The molecule has 2 rings (SSSR count). The number of amides is 1. The molecule has 1 amide bonds. The molecule has 8 heteroatoms. The number of hydrogen-bond acceptors (Lipinski definition) is 4. The topological polar surface area (TPSA) is 91.6 Å². The highest BCUT2D eigenvalue weighted by Crippen LogP contribution is 2.26. The predicted octanol–water partition coefficient (Wildman–Crippen LogP) is 2.95. The van der Waals surface area contributed by atoms with Gasteiger partial charge in [0.1, 0.15) is 12.3 Å². The molecule has 1 aliphatic rings. The van der Waals surface area contributed by atoms with E-state index < -0.39 is 0 Å². The van der Waals surface area contributed by atoms with Crippen molar-refractivity contribution in [2.45, 2.75) is 65.3 Å². The smallest absolute Gasteiger partial charge is 0.223 e. The molecule has 1 aromatic heterocycles. The van der Waals surface area contributed by atoms with Crippen LogP contribution in [0.1, 0.15) is 65.0 Å². The van der Waals surface area contributed by atoms with Gasteiger partial charge in [0.05, 0.1) is 6.20 Å². The highest BCUT2D eigenvalue weighted by molar-refractivity contribution is 14.0. The van der Waals surface area contributed by atoms with Crippen molar-refractivity contribution in [2.24, 2.45) is 10.9 Å². The molecular formula is C19H34IN5O2. The summed E-state index contributed by atoms with van der Waals surface area (Å²) in [5, 5.41) is 9.49. The Hall–Kier alpha value is -1.32. The number of halogens is 1. The van der Waals surface area contributed by atoms with Crippen LogP contribution >= 0.6 is 24.0 Å². The molecule has 0 radical (unpaired) electrons. The van der Waals surface area contributed by atoms with Crippen LogP contribution in [0.25, 0.3) is 0 Å². The van der Waals surface area contributed by atoms with Gasteiger partial charge in [-0.3, -0.25) is 4.79 Å². The third kappa shape index (κ3) is 8.06. The van der Waals surface area contributed by atoms with E-state index in [-0.39, 0.29) is 41.2 Å². The highest BCUT2D eigenvalue weighted by Gasteiger charge is 2.24. The van der Waals surface area contributed by atoms with E-state index in [9.17, 15) is 4.79 Å². The molecule has 0 aliphatic heterocycles. The quantitative estimate of drug-likeness (QED) is 0.225. The van der Waals surface area contributed by atoms with Crippen molar-refractivity contribution in [1.29, 1.82) is 0 Å². The highest BCUT2D eigenvalue weighted by atomic mass is 127. The number of oxazole rings is 1. The summed E-state index contributed by atoms with van der Waals surface area (Å²) >= 11 is 0. The molecule has 1 fully saturated rings. The molecule has 3 N–H and O–H groups in total. The number of carbonyl (C=O) groups is 1. The van der Waals surface area contributed by atoms with Gasteiger partial charge in [-0.05, 0) is 26.2 Å². The Morgan fingerprint density at radius 1 is 1.26 bits per heavy atom. The number of nitrogens with one attached hydrogen (secondary N) is 3. The molecule has 0 saturated heterocycles. The number of nitrogens with zero attached hydrogens (tertiary/aromatic N) is 2. The van der Waals surface area contributed by atoms with Crippen molar-refractivity contribution < 1.29 is 9.21 Å². The summed E-state index contributed by atoms with van der Waals surface area (Å²) in [6.07, 6.45) is 5.90. The van der Waals surface area contributed by atoms with Crippen LogP contribution in [0.5, 0.6) is 0 Å². The molecule has 1 heterocycles. The zero-order valence-electron chi connectivity index (χ0n) is 16.9. The second-order valence-electron chi connectivity index (χ2n) is 7.76. The van der Waals surface area contributed by atoms with E-state index in [1.165, 1.54) is 6.42 Å². The standard InChI is InChI=1S/C19H33N5O2.HI/c1-5-20-18(22-11-7-10-21-17(25)14-8-6-9-14)24-13-16-23-12-15(26-16)19(2,3)4;/h12,14H,5-11,13H2,1-4H3,(H,21,25)(H2,20,22,24);1H. The minimum Gasteiger partial charge on any atom is -0.443 e. The second kappa shape index (κ2) is 11.5. The van der Waals surface area contributed by atoms with Crippen LogP contribution in [-0.4, -0.2) is 36.5 Å². The van der Waals surface area contributed by atoms with Gasteiger partial charge in [0.15, 0.2) is 5.96 Å². The van der Waals surface area contributed by atoms with Crippen LogP contribution in [0.15, 0.2) is 15.6 Å². The van der Waals surface area contributed by atoms with Crippen molar-refractivity contribution in [1.82, 2.24) is 20.9 Å². The lowest BCUT2D eigenvalue weighted by atomic mass is 9.85. The number of aromatic nitrogens is 1. The van der Waals surface area contributed by atoms with Crippen molar-refractivity contribution in [3.8, 4) is 0 Å². The molecule has 0 bridgehead atoms.